The highest BCUT2D eigenvalue weighted by Crippen LogP contribution is 2.32. The molecule has 7 nitrogen and oxygen atoms in total. The number of carbonyl (C=O) groups is 2. The van der Waals surface area contributed by atoms with Gasteiger partial charge in [-0.05, 0) is 38.5 Å². The van der Waals surface area contributed by atoms with Gasteiger partial charge in [0.1, 0.15) is 17.3 Å². The van der Waals surface area contributed by atoms with Gasteiger partial charge in [-0.1, -0.05) is 12.5 Å². The molecule has 0 aromatic rings. The summed E-state index contributed by atoms with van der Waals surface area (Å²) in [7, 11) is 0. The standard InChI is InChI=1S/C15H24N2O5/c1-10(17-12(19)7-3-2-4-9-16)15(22)8-5-6-11(18)13(15)14(20)21/h5-6,8,10,13,18,22H,2-4,7,9,16H2,1H3,(H,17,19)(H,20,21). The second-order valence-electron chi connectivity index (χ2n) is 5.50. The second-order valence-corrected chi connectivity index (χ2v) is 5.50. The summed E-state index contributed by atoms with van der Waals surface area (Å²) in [5.74, 6) is -3.58. The number of aliphatic hydroxyl groups excluding tert-OH is 1. The van der Waals surface area contributed by atoms with E-state index in [4.69, 9.17) is 5.73 Å². The highest BCUT2D eigenvalue weighted by atomic mass is 16.4. The van der Waals surface area contributed by atoms with E-state index in [2.05, 4.69) is 5.32 Å². The largest absolute Gasteiger partial charge is 0.511 e. The Morgan fingerprint density at radius 2 is 2.09 bits per heavy atom. The van der Waals surface area contributed by atoms with Crippen molar-refractivity contribution in [2.24, 2.45) is 11.7 Å². The van der Waals surface area contributed by atoms with Gasteiger partial charge in [0.15, 0.2) is 0 Å². The first kappa shape index (κ1) is 18.2. The minimum absolute atomic E-state index is 0.274. The van der Waals surface area contributed by atoms with E-state index in [1.54, 1.807) is 0 Å². The third-order valence-electron chi connectivity index (χ3n) is 3.81. The highest BCUT2D eigenvalue weighted by molar-refractivity contribution is 5.78. The topological polar surface area (TPSA) is 133 Å². The van der Waals surface area contributed by atoms with Gasteiger partial charge < -0.3 is 26.4 Å². The number of aliphatic hydroxyl groups is 2. The molecule has 3 atom stereocenters. The summed E-state index contributed by atoms with van der Waals surface area (Å²) in [6.45, 7) is 2.09. The van der Waals surface area contributed by atoms with Crippen LogP contribution >= 0.6 is 0 Å². The van der Waals surface area contributed by atoms with Crippen molar-refractivity contribution >= 4 is 11.9 Å². The van der Waals surface area contributed by atoms with Crippen LogP contribution in [0, 0.1) is 5.92 Å². The van der Waals surface area contributed by atoms with Crippen molar-refractivity contribution in [2.45, 2.75) is 44.2 Å². The number of carboxylic acids is 1. The fourth-order valence-corrected chi connectivity index (χ4v) is 2.48. The van der Waals surface area contributed by atoms with E-state index < -0.39 is 29.3 Å². The first-order chi connectivity index (χ1) is 10.3. The highest BCUT2D eigenvalue weighted by Gasteiger charge is 2.48. The molecule has 124 valence electrons. The number of allylic oxidation sites excluding steroid dienone is 2. The third kappa shape index (κ3) is 4.32. The van der Waals surface area contributed by atoms with Gasteiger partial charge >= 0.3 is 5.97 Å². The van der Waals surface area contributed by atoms with Crippen LogP contribution in [0.4, 0.5) is 0 Å². The quantitative estimate of drug-likeness (QED) is 0.413. The Bertz CT molecular complexity index is 475. The number of unbranched alkanes of at least 4 members (excludes halogenated alkanes) is 2. The molecular formula is C15H24N2O5. The lowest BCUT2D eigenvalue weighted by atomic mass is 9.77. The second kappa shape index (κ2) is 7.95. The molecule has 0 aromatic heterocycles. The number of amides is 1. The van der Waals surface area contributed by atoms with Crippen molar-refractivity contribution in [2.75, 3.05) is 6.54 Å². The summed E-state index contributed by atoms with van der Waals surface area (Å²) >= 11 is 0. The first-order valence-electron chi connectivity index (χ1n) is 7.36. The number of nitrogens with two attached hydrogens (primary N) is 1. The van der Waals surface area contributed by atoms with Gasteiger partial charge in [0.05, 0.1) is 6.04 Å². The van der Waals surface area contributed by atoms with Crippen molar-refractivity contribution in [3.8, 4) is 0 Å². The zero-order valence-corrected chi connectivity index (χ0v) is 12.7. The molecular weight excluding hydrogens is 288 g/mol. The van der Waals surface area contributed by atoms with E-state index in [1.807, 2.05) is 0 Å². The van der Waals surface area contributed by atoms with Crippen LogP contribution < -0.4 is 11.1 Å². The molecule has 3 unspecified atom stereocenters. The van der Waals surface area contributed by atoms with E-state index in [1.165, 1.54) is 25.2 Å². The Morgan fingerprint density at radius 1 is 1.41 bits per heavy atom. The molecule has 0 fully saturated rings. The molecule has 1 aliphatic rings. The van der Waals surface area contributed by atoms with Gasteiger partial charge in [0.25, 0.3) is 0 Å². The Labute approximate surface area is 129 Å². The maximum Gasteiger partial charge on any atom is 0.317 e. The van der Waals surface area contributed by atoms with E-state index in [9.17, 15) is 24.9 Å². The van der Waals surface area contributed by atoms with Crippen LogP contribution in [0.15, 0.2) is 24.0 Å². The molecule has 6 N–H and O–H groups in total. The fourth-order valence-electron chi connectivity index (χ4n) is 2.48. The van der Waals surface area contributed by atoms with Gasteiger partial charge in [0.2, 0.25) is 5.91 Å². The molecule has 1 rings (SSSR count). The summed E-state index contributed by atoms with van der Waals surface area (Å²) in [6, 6.07) is -0.859. The molecule has 0 aromatic carbocycles. The van der Waals surface area contributed by atoms with Gasteiger partial charge in [-0.2, -0.15) is 0 Å². The molecule has 1 aliphatic carbocycles. The zero-order chi connectivity index (χ0) is 16.8. The average molecular weight is 312 g/mol. The molecule has 0 saturated carbocycles. The summed E-state index contributed by atoms with van der Waals surface area (Å²) < 4.78 is 0. The van der Waals surface area contributed by atoms with E-state index in [0.29, 0.717) is 13.0 Å². The minimum atomic E-state index is -1.88. The number of hydrogen-bond acceptors (Lipinski definition) is 5. The Hall–Kier alpha value is -1.86. The number of hydrogen-bond donors (Lipinski definition) is 5. The maximum atomic E-state index is 11.9. The van der Waals surface area contributed by atoms with Crippen LogP contribution in [0.3, 0.4) is 0 Å². The lowest BCUT2D eigenvalue weighted by Crippen LogP contribution is -2.57. The van der Waals surface area contributed by atoms with Crippen LogP contribution in [0.2, 0.25) is 0 Å². The molecule has 1 amide bonds. The molecule has 0 saturated heterocycles. The minimum Gasteiger partial charge on any atom is -0.511 e. The lowest BCUT2D eigenvalue weighted by Gasteiger charge is -2.37. The van der Waals surface area contributed by atoms with Gasteiger partial charge in [0, 0.05) is 6.42 Å². The van der Waals surface area contributed by atoms with Crippen LogP contribution in [0.25, 0.3) is 0 Å². The van der Waals surface area contributed by atoms with Crippen molar-refractivity contribution in [3.05, 3.63) is 24.0 Å². The van der Waals surface area contributed by atoms with Gasteiger partial charge in [-0.3, -0.25) is 9.59 Å². The predicted molar refractivity (Wildman–Crippen MR) is 81.1 cm³/mol. The molecule has 22 heavy (non-hydrogen) atoms. The molecule has 0 spiro atoms. The zero-order valence-electron chi connectivity index (χ0n) is 12.7. The van der Waals surface area contributed by atoms with Crippen LogP contribution in [-0.2, 0) is 9.59 Å². The normalized spacial score (nSPS) is 25.4. The maximum absolute atomic E-state index is 11.9. The molecule has 0 radical (unpaired) electrons. The Kier molecular flexibility index (Phi) is 6.58. The van der Waals surface area contributed by atoms with Crippen LogP contribution in [-0.4, -0.2) is 45.4 Å². The van der Waals surface area contributed by atoms with Gasteiger partial charge in [-0.25, -0.2) is 0 Å². The van der Waals surface area contributed by atoms with Crippen molar-refractivity contribution in [1.29, 1.82) is 0 Å². The molecule has 0 aliphatic heterocycles. The summed E-state index contributed by atoms with van der Waals surface area (Å²) in [5, 5.41) is 32.1. The fraction of sp³-hybridized carbons (Fsp3) is 0.600. The van der Waals surface area contributed by atoms with Crippen LogP contribution in [0.1, 0.15) is 32.6 Å². The number of carbonyl (C=O) groups excluding carboxylic acids is 1. The average Bonchev–Trinajstić information content (AvgIpc) is 2.43. The SMILES string of the molecule is CC(NC(=O)CCCCCN)C1(O)C=CC=C(O)C1C(=O)O. The van der Waals surface area contributed by atoms with Crippen molar-refractivity contribution in [3.63, 3.8) is 0 Å². The molecule has 0 heterocycles. The number of aliphatic carboxylic acids is 1. The van der Waals surface area contributed by atoms with E-state index >= 15 is 0 Å². The Balaban J connectivity index is 2.68. The smallest absolute Gasteiger partial charge is 0.317 e. The predicted octanol–water partition coefficient (Wildman–Crippen LogP) is 0.454. The first-order valence-corrected chi connectivity index (χ1v) is 7.36. The van der Waals surface area contributed by atoms with E-state index in [-0.39, 0.29) is 12.3 Å². The van der Waals surface area contributed by atoms with Gasteiger partial charge in [-0.15, -0.1) is 0 Å². The van der Waals surface area contributed by atoms with E-state index in [0.717, 1.165) is 12.8 Å². The number of carboxylic acid groups (broad SMARTS) is 1. The monoisotopic (exact) mass is 312 g/mol. The number of rotatable bonds is 8. The number of nitrogens with one attached hydrogen (secondary N) is 1. The molecule has 0 bridgehead atoms. The third-order valence-corrected chi connectivity index (χ3v) is 3.81. The Morgan fingerprint density at radius 3 is 2.68 bits per heavy atom. The van der Waals surface area contributed by atoms with Crippen molar-refractivity contribution in [1.82, 2.24) is 5.32 Å². The summed E-state index contributed by atoms with van der Waals surface area (Å²) in [6.07, 6.45) is 6.51. The molecule has 7 heteroatoms. The van der Waals surface area contributed by atoms with Crippen molar-refractivity contribution < 1.29 is 24.9 Å². The summed E-state index contributed by atoms with van der Waals surface area (Å²) in [4.78, 5) is 23.2. The lowest BCUT2D eigenvalue weighted by molar-refractivity contribution is -0.151. The summed E-state index contributed by atoms with van der Waals surface area (Å²) in [5.41, 5.74) is 3.49. The van der Waals surface area contributed by atoms with Crippen LogP contribution in [0.5, 0.6) is 0 Å².